The second-order valence-electron chi connectivity index (χ2n) is 8.19. The number of ether oxygens (including phenoxy) is 1. The van der Waals surface area contributed by atoms with E-state index in [2.05, 4.69) is 22.0 Å². The van der Waals surface area contributed by atoms with Crippen molar-refractivity contribution in [3.63, 3.8) is 0 Å². The average molecular weight is 447 g/mol. The number of amides is 2. The van der Waals surface area contributed by atoms with Crippen LogP contribution in [0.1, 0.15) is 29.8 Å². The maximum Gasteiger partial charge on any atom is 0.253 e. The standard InChI is InChI=1S/C26H30N4O3/c1-18(6-5-11-27-4)13-29-26(32)23-7-9-24(28-14-23)22-8-10-25(19(2)12-22)30(20(3)31)15-21-16-33-17-21/h5-12,14,21H,4,13,15-17H2,1-3H3,(H,29,32)/b11-5-,18-6+. The SMILES string of the molecule is C=N/C=C\C=C(/C)CNC(=O)c1ccc(-c2ccc(N(CC3COC3)C(C)=O)c(C)c2)nc1. The van der Waals surface area contributed by atoms with Gasteiger partial charge in [0, 0.05) is 49.6 Å². The van der Waals surface area contributed by atoms with Gasteiger partial charge in [-0.05, 0) is 56.5 Å². The summed E-state index contributed by atoms with van der Waals surface area (Å²) in [5, 5.41) is 2.88. The molecule has 0 unspecified atom stereocenters. The zero-order valence-electron chi connectivity index (χ0n) is 19.4. The van der Waals surface area contributed by atoms with Crippen molar-refractivity contribution in [2.45, 2.75) is 20.8 Å². The lowest BCUT2D eigenvalue weighted by Crippen LogP contribution is -2.42. The van der Waals surface area contributed by atoms with Crippen molar-refractivity contribution in [2.75, 3.05) is 31.2 Å². The molecule has 3 rings (SSSR count). The Morgan fingerprint density at radius 2 is 2.06 bits per heavy atom. The third-order valence-corrected chi connectivity index (χ3v) is 5.44. The van der Waals surface area contributed by atoms with Gasteiger partial charge in [0.05, 0.1) is 24.5 Å². The Bertz CT molecular complexity index is 1070. The van der Waals surface area contributed by atoms with Gasteiger partial charge in [0.2, 0.25) is 5.91 Å². The van der Waals surface area contributed by atoms with Crippen molar-refractivity contribution in [2.24, 2.45) is 10.9 Å². The molecule has 1 fully saturated rings. The van der Waals surface area contributed by atoms with Crippen LogP contribution in [0.2, 0.25) is 0 Å². The van der Waals surface area contributed by atoms with Crippen LogP contribution in [-0.4, -0.2) is 49.8 Å². The molecular formula is C26H30N4O3. The van der Waals surface area contributed by atoms with Crippen LogP contribution in [0.4, 0.5) is 5.69 Å². The van der Waals surface area contributed by atoms with Crippen molar-refractivity contribution in [3.05, 3.63) is 71.6 Å². The fraction of sp³-hybridized carbons (Fsp3) is 0.308. The van der Waals surface area contributed by atoms with Crippen molar-refractivity contribution in [1.82, 2.24) is 10.3 Å². The summed E-state index contributed by atoms with van der Waals surface area (Å²) < 4.78 is 5.25. The number of benzene rings is 1. The molecule has 0 aliphatic carbocycles. The van der Waals surface area contributed by atoms with Crippen LogP contribution in [0.15, 0.2) is 65.4 Å². The summed E-state index contributed by atoms with van der Waals surface area (Å²) >= 11 is 0. The first-order valence-corrected chi connectivity index (χ1v) is 10.9. The predicted molar refractivity (Wildman–Crippen MR) is 132 cm³/mol. The Labute approximate surface area is 194 Å². The minimum Gasteiger partial charge on any atom is -0.381 e. The van der Waals surface area contributed by atoms with Crippen molar-refractivity contribution in [1.29, 1.82) is 0 Å². The highest BCUT2D eigenvalue weighted by Crippen LogP contribution is 2.28. The summed E-state index contributed by atoms with van der Waals surface area (Å²) in [5.74, 6) is 0.217. The molecule has 0 radical (unpaired) electrons. The number of allylic oxidation sites excluding steroid dienone is 2. The Morgan fingerprint density at radius 3 is 2.64 bits per heavy atom. The van der Waals surface area contributed by atoms with E-state index in [0.29, 0.717) is 37.8 Å². The lowest BCUT2D eigenvalue weighted by molar-refractivity contribution is -0.117. The minimum absolute atomic E-state index is 0.0183. The molecule has 2 amide bonds. The molecule has 33 heavy (non-hydrogen) atoms. The summed E-state index contributed by atoms with van der Waals surface area (Å²) in [4.78, 5) is 34.5. The van der Waals surface area contributed by atoms with Crippen molar-refractivity contribution in [3.8, 4) is 11.3 Å². The first-order valence-electron chi connectivity index (χ1n) is 10.9. The smallest absolute Gasteiger partial charge is 0.253 e. The quantitative estimate of drug-likeness (QED) is 0.467. The molecule has 1 aromatic carbocycles. The number of hydrogen-bond acceptors (Lipinski definition) is 5. The zero-order valence-corrected chi connectivity index (χ0v) is 19.4. The first kappa shape index (κ1) is 24.1. The van der Waals surface area contributed by atoms with Crippen LogP contribution in [0.5, 0.6) is 0 Å². The fourth-order valence-corrected chi connectivity index (χ4v) is 3.51. The van der Waals surface area contributed by atoms with Crippen LogP contribution >= 0.6 is 0 Å². The molecule has 0 spiro atoms. The van der Waals surface area contributed by atoms with Gasteiger partial charge in [-0.25, -0.2) is 0 Å². The highest BCUT2D eigenvalue weighted by molar-refractivity contribution is 5.94. The third-order valence-electron chi connectivity index (χ3n) is 5.44. The highest BCUT2D eigenvalue weighted by Gasteiger charge is 2.24. The Kier molecular flexibility index (Phi) is 8.27. The van der Waals surface area contributed by atoms with Gasteiger partial charge >= 0.3 is 0 Å². The Balaban J connectivity index is 1.67. The molecule has 7 nitrogen and oxygen atoms in total. The monoisotopic (exact) mass is 446 g/mol. The van der Waals surface area contributed by atoms with Gasteiger partial charge in [-0.2, -0.15) is 0 Å². The number of rotatable bonds is 9. The number of carbonyl (C=O) groups excluding carboxylic acids is 2. The van der Waals surface area contributed by atoms with E-state index in [1.54, 1.807) is 31.5 Å². The second-order valence-corrected chi connectivity index (χ2v) is 8.19. The predicted octanol–water partition coefficient (Wildman–Crippen LogP) is 3.95. The van der Waals surface area contributed by atoms with Crippen LogP contribution in [0.25, 0.3) is 11.3 Å². The number of pyridine rings is 1. The number of carbonyl (C=O) groups is 2. The molecule has 1 aliphatic rings. The van der Waals surface area contributed by atoms with Gasteiger partial charge in [-0.3, -0.25) is 19.6 Å². The van der Waals surface area contributed by atoms with E-state index in [1.165, 1.54) is 0 Å². The molecule has 1 aromatic heterocycles. The molecule has 1 N–H and O–H groups in total. The summed E-state index contributed by atoms with van der Waals surface area (Å²) in [7, 11) is 0. The van der Waals surface area contributed by atoms with Gasteiger partial charge in [0.15, 0.2) is 0 Å². The van der Waals surface area contributed by atoms with Crippen molar-refractivity contribution < 1.29 is 14.3 Å². The normalized spacial score (nSPS) is 14.1. The fourth-order valence-electron chi connectivity index (χ4n) is 3.51. The van der Waals surface area contributed by atoms with Gasteiger partial charge < -0.3 is 15.0 Å². The molecule has 1 saturated heterocycles. The molecular weight excluding hydrogens is 416 g/mol. The number of hydrogen-bond donors (Lipinski definition) is 1. The summed E-state index contributed by atoms with van der Waals surface area (Å²) in [6.45, 7) is 11.4. The first-order chi connectivity index (χ1) is 15.9. The van der Waals surface area contributed by atoms with Crippen molar-refractivity contribution >= 4 is 24.2 Å². The van der Waals surface area contributed by atoms with E-state index in [4.69, 9.17) is 4.74 Å². The van der Waals surface area contributed by atoms with E-state index in [0.717, 1.165) is 28.1 Å². The maximum absolute atomic E-state index is 12.4. The number of anilines is 1. The van der Waals surface area contributed by atoms with Crippen LogP contribution in [0, 0.1) is 12.8 Å². The van der Waals surface area contributed by atoms with Crippen LogP contribution < -0.4 is 10.2 Å². The van der Waals surface area contributed by atoms with E-state index < -0.39 is 0 Å². The number of aromatic nitrogens is 1. The molecule has 7 heteroatoms. The van der Waals surface area contributed by atoms with Crippen LogP contribution in [0.3, 0.4) is 0 Å². The lowest BCUT2D eigenvalue weighted by Gasteiger charge is -2.32. The number of nitrogens with zero attached hydrogens (tertiary/aromatic N) is 3. The Morgan fingerprint density at radius 1 is 1.27 bits per heavy atom. The lowest BCUT2D eigenvalue weighted by atomic mass is 10.0. The van der Waals surface area contributed by atoms with Crippen LogP contribution in [-0.2, 0) is 9.53 Å². The molecule has 2 heterocycles. The maximum atomic E-state index is 12.4. The average Bonchev–Trinajstić information content (AvgIpc) is 2.77. The molecule has 0 saturated carbocycles. The summed E-state index contributed by atoms with van der Waals surface area (Å²) in [5.41, 5.74) is 5.08. The molecule has 172 valence electrons. The zero-order chi connectivity index (χ0) is 23.8. The minimum atomic E-state index is -0.184. The second kappa shape index (κ2) is 11.3. The van der Waals surface area contributed by atoms with Gasteiger partial charge in [-0.15, -0.1) is 0 Å². The number of nitrogens with one attached hydrogen (secondary N) is 1. The number of aliphatic imine (C=N–C) groups is 1. The molecule has 0 atom stereocenters. The molecule has 2 aromatic rings. The molecule has 0 bridgehead atoms. The summed E-state index contributed by atoms with van der Waals surface area (Å²) in [6, 6.07) is 9.53. The molecule has 1 aliphatic heterocycles. The Hall–Kier alpha value is -3.58. The van der Waals surface area contributed by atoms with Gasteiger partial charge in [0.1, 0.15) is 0 Å². The topological polar surface area (TPSA) is 83.9 Å². The van der Waals surface area contributed by atoms with Gasteiger partial charge in [-0.1, -0.05) is 17.7 Å². The largest absolute Gasteiger partial charge is 0.381 e. The van der Waals surface area contributed by atoms with E-state index in [-0.39, 0.29) is 11.8 Å². The summed E-state index contributed by atoms with van der Waals surface area (Å²) in [6.07, 6.45) is 6.81. The van der Waals surface area contributed by atoms with E-state index >= 15 is 0 Å². The third kappa shape index (κ3) is 6.46. The van der Waals surface area contributed by atoms with E-state index in [1.807, 2.05) is 49.1 Å². The highest BCUT2D eigenvalue weighted by atomic mass is 16.5. The number of aryl methyl sites for hydroxylation is 1. The van der Waals surface area contributed by atoms with Gasteiger partial charge in [0.25, 0.3) is 5.91 Å². The van der Waals surface area contributed by atoms with E-state index in [9.17, 15) is 9.59 Å².